The Morgan fingerprint density at radius 2 is 2.16 bits per heavy atom. The number of para-hydroxylation sites is 2. The van der Waals surface area contributed by atoms with E-state index in [1.54, 1.807) is 47.8 Å². The Kier molecular flexibility index (Phi) is 4.02. The van der Waals surface area contributed by atoms with Crippen LogP contribution >= 0.6 is 0 Å². The predicted molar refractivity (Wildman–Crippen MR) is 87.8 cm³/mol. The van der Waals surface area contributed by atoms with Gasteiger partial charge in [-0.1, -0.05) is 12.1 Å². The number of morpholine rings is 1. The zero-order valence-electron chi connectivity index (χ0n) is 13.4. The first-order chi connectivity index (χ1) is 12.2. The van der Waals surface area contributed by atoms with Crippen LogP contribution in [0.4, 0.5) is 0 Å². The van der Waals surface area contributed by atoms with Crippen LogP contribution in [-0.2, 0) is 16.1 Å². The third kappa shape index (κ3) is 3.03. The van der Waals surface area contributed by atoms with Crippen molar-refractivity contribution in [1.29, 1.82) is 0 Å². The molecule has 0 bridgehead atoms. The van der Waals surface area contributed by atoms with E-state index in [9.17, 15) is 9.59 Å². The summed E-state index contributed by atoms with van der Waals surface area (Å²) in [6, 6.07) is 7.05. The molecule has 128 valence electrons. The molecule has 1 amide bonds. The SMILES string of the molecule is O=C(Cn1c(=O)oc2ccccc21)N1CCO[C@@H](c2cnccn2)C1. The lowest BCUT2D eigenvalue weighted by Crippen LogP contribution is -2.44. The summed E-state index contributed by atoms with van der Waals surface area (Å²) in [4.78, 5) is 34.6. The van der Waals surface area contributed by atoms with Gasteiger partial charge in [0.1, 0.15) is 12.6 Å². The number of fused-ring (bicyclic) bond motifs is 1. The molecule has 3 aromatic rings. The monoisotopic (exact) mass is 340 g/mol. The first kappa shape index (κ1) is 15.5. The third-order valence-corrected chi connectivity index (χ3v) is 4.20. The highest BCUT2D eigenvalue weighted by molar-refractivity contribution is 5.79. The van der Waals surface area contributed by atoms with Crippen molar-refractivity contribution in [3.8, 4) is 0 Å². The van der Waals surface area contributed by atoms with Crippen molar-refractivity contribution in [2.75, 3.05) is 19.7 Å². The van der Waals surface area contributed by atoms with Crippen molar-refractivity contribution >= 4 is 17.0 Å². The Balaban J connectivity index is 1.52. The molecule has 1 aliphatic rings. The average molecular weight is 340 g/mol. The van der Waals surface area contributed by atoms with Crippen molar-refractivity contribution in [2.45, 2.75) is 12.6 Å². The second-order valence-corrected chi connectivity index (χ2v) is 5.75. The number of amides is 1. The summed E-state index contributed by atoms with van der Waals surface area (Å²) < 4.78 is 12.2. The molecule has 1 saturated heterocycles. The van der Waals surface area contributed by atoms with E-state index >= 15 is 0 Å². The number of hydrogen-bond acceptors (Lipinski definition) is 6. The lowest BCUT2D eigenvalue weighted by atomic mass is 10.2. The number of nitrogens with zero attached hydrogens (tertiary/aromatic N) is 4. The number of benzene rings is 1. The van der Waals surface area contributed by atoms with E-state index in [-0.39, 0.29) is 18.6 Å². The molecule has 1 atom stereocenters. The molecule has 0 unspecified atom stereocenters. The number of carbonyl (C=O) groups excluding carboxylic acids is 1. The van der Waals surface area contributed by atoms with E-state index in [2.05, 4.69) is 9.97 Å². The highest BCUT2D eigenvalue weighted by Crippen LogP contribution is 2.20. The maximum atomic E-state index is 12.7. The molecule has 1 aromatic carbocycles. The fourth-order valence-electron chi connectivity index (χ4n) is 2.93. The first-order valence-corrected chi connectivity index (χ1v) is 7.96. The smallest absolute Gasteiger partial charge is 0.408 e. The van der Waals surface area contributed by atoms with Crippen molar-refractivity contribution in [1.82, 2.24) is 19.4 Å². The summed E-state index contributed by atoms with van der Waals surface area (Å²) in [6.07, 6.45) is 4.50. The van der Waals surface area contributed by atoms with Crippen molar-refractivity contribution < 1.29 is 13.9 Å². The number of hydrogen-bond donors (Lipinski definition) is 0. The van der Waals surface area contributed by atoms with E-state index in [0.29, 0.717) is 36.5 Å². The maximum absolute atomic E-state index is 12.7. The van der Waals surface area contributed by atoms with Crippen molar-refractivity contribution in [2.24, 2.45) is 0 Å². The fraction of sp³-hybridized carbons (Fsp3) is 0.294. The molecular formula is C17H16N4O4. The number of carbonyl (C=O) groups is 1. The third-order valence-electron chi connectivity index (χ3n) is 4.20. The van der Waals surface area contributed by atoms with Gasteiger partial charge in [-0.25, -0.2) is 4.79 Å². The van der Waals surface area contributed by atoms with E-state index in [1.807, 2.05) is 0 Å². The van der Waals surface area contributed by atoms with Crippen LogP contribution < -0.4 is 5.76 Å². The van der Waals surface area contributed by atoms with E-state index in [4.69, 9.17) is 9.15 Å². The van der Waals surface area contributed by atoms with Gasteiger partial charge in [0.2, 0.25) is 5.91 Å². The van der Waals surface area contributed by atoms with Gasteiger partial charge in [-0.15, -0.1) is 0 Å². The second kappa shape index (κ2) is 6.48. The topological polar surface area (TPSA) is 90.5 Å². The zero-order valence-corrected chi connectivity index (χ0v) is 13.4. The Morgan fingerprint density at radius 1 is 1.28 bits per heavy atom. The van der Waals surface area contributed by atoms with Gasteiger partial charge in [0.05, 0.1) is 30.6 Å². The summed E-state index contributed by atoms with van der Waals surface area (Å²) >= 11 is 0. The van der Waals surface area contributed by atoms with Crippen LogP contribution in [-0.4, -0.2) is 45.0 Å². The molecule has 4 rings (SSSR count). The normalized spacial score (nSPS) is 17.8. The summed E-state index contributed by atoms with van der Waals surface area (Å²) in [7, 11) is 0. The van der Waals surface area contributed by atoms with E-state index < -0.39 is 5.76 Å². The molecule has 8 nitrogen and oxygen atoms in total. The Hall–Kier alpha value is -3.00. The lowest BCUT2D eigenvalue weighted by molar-refractivity contribution is -0.139. The molecule has 8 heteroatoms. The molecule has 1 fully saturated rings. The van der Waals surface area contributed by atoms with Crippen LogP contribution in [0.25, 0.3) is 11.1 Å². The number of oxazole rings is 1. The largest absolute Gasteiger partial charge is 0.420 e. The fourth-order valence-corrected chi connectivity index (χ4v) is 2.93. The van der Waals surface area contributed by atoms with Gasteiger partial charge in [0.25, 0.3) is 0 Å². The van der Waals surface area contributed by atoms with Gasteiger partial charge in [-0.2, -0.15) is 0 Å². The molecule has 0 spiro atoms. The highest BCUT2D eigenvalue weighted by atomic mass is 16.5. The van der Waals surface area contributed by atoms with E-state index in [0.717, 1.165) is 0 Å². The van der Waals surface area contributed by atoms with Gasteiger partial charge in [0, 0.05) is 18.9 Å². The Labute approximate surface area is 142 Å². The molecule has 25 heavy (non-hydrogen) atoms. The molecule has 1 aliphatic heterocycles. The minimum absolute atomic E-state index is 0.0664. The first-order valence-electron chi connectivity index (χ1n) is 7.96. The van der Waals surface area contributed by atoms with Gasteiger partial charge in [-0.05, 0) is 12.1 Å². The molecular weight excluding hydrogens is 324 g/mol. The van der Waals surface area contributed by atoms with Crippen molar-refractivity contribution in [3.05, 3.63) is 59.1 Å². The standard InChI is InChI=1S/C17H16N4O4/c22-16(11-21-13-3-1-2-4-14(13)25-17(21)23)20-7-8-24-15(10-20)12-9-18-5-6-19-12/h1-6,9,15H,7-8,10-11H2/t15-/m1/s1. The van der Waals surface area contributed by atoms with Gasteiger partial charge in [-0.3, -0.25) is 19.3 Å². The van der Waals surface area contributed by atoms with Crippen molar-refractivity contribution in [3.63, 3.8) is 0 Å². The molecule has 2 aromatic heterocycles. The van der Waals surface area contributed by atoms with Crippen LogP contribution in [0.1, 0.15) is 11.8 Å². The van der Waals surface area contributed by atoms with Crippen LogP contribution in [0.2, 0.25) is 0 Å². The van der Waals surface area contributed by atoms with Gasteiger partial charge >= 0.3 is 5.76 Å². The van der Waals surface area contributed by atoms with Crippen LogP contribution in [0.15, 0.2) is 52.1 Å². The minimum atomic E-state index is -0.534. The Bertz CT molecular complexity index is 950. The quantitative estimate of drug-likeness (QED) is 0.706. The lowest BCUT2D eigenvalue weighted by Gasteiger charge is -2.32. The summed E-state index contributed by atoms with van der Waals surface area (Å²) in [5, 5.41) is 0. The second-order valence-electron chi connectivity index (χ2n) is 5.75. The maximum Gasteiger partial charge on any atom is 0.420 e. The number of aromatic nitrogens is 3. The van der Waals surface area contributed by atoms with E-state index in [1.165, 1.54) is 4.57 Å². The molecule has 0 aliphatic carbocycles. The van der Waals surface area contributed by atoms with Gasteiger partial charge in [0.15, 0.2) is 5.58 Å². The molecule has 0 N–H and O–H groups in total. The summed E-state index contributed by atoms with van der Waals surface area (Å²) in [5.41, 5.74) is 1.77. The van der Waals surface area contributed by atoms with Crippen LogP contribution in [0.5, 0.6) is 0 Å². The van der Waals surface area contributed by atoms with Crippen LogP contribution in [0, 0.1) is 0 Å². The number of ether oxygens (including phenoxy) is 1. The minimum Gasteiger partial charge on any atom is -0.408 e. The van der Waals surface area contributed by atoms with Crippen LogP contribution in [0.3, 0.4) is 0 Å². The molecule has 3 heterocycles. The predicted octanol–water partition coefficient (Wildman–Crippen LogP) is 0.985. The Morgan fingerprint density at radius 3 is 3.00 bits per heavy atom. The average Bonchev–Trinajstić information content (AvgIpc) is 2.98. The number of rotatable bonds is 3. The highest BCUT2D eigenvalue weighted by Gasteiger charge is 2.27. The summed E-state index contributed by atoms with van der Waals surface area (Å²) in [5.74, 6) is -0.695. The van der Waals surface area contributed by atoms with Gasteiger partial charge < -0.3 is 14.1 Å². The summed E-state index contributed by atoms with van der Waals surface area (Å²) in [6.45, 7) is 1.19. The molecule has 0 radical (unpaired) electrons. The molecule has 0 saturated carbocycles. The zero-order chi connectivity index (χ0) is 17.2.